The molecule has 0 unspecified atom stereocenters. The molecule has 0 aliphatic heterocycles. The molecule has 0 aromatic carbocycles. The summed E-state index contributed by atoms with van der Waals surface area (Å²) in [5.41, 5.74) is 2.02. The van der Waals surface area contributed by atoms with Crippen LogP contribution in [0.3, 0.4) is 0 Å². The molecule has 0 radical (unpaired) electrons. The maximum absolute atomic E-state index is 10.5. The summed E-state index contributed by atoms with van der Waals surface area (Å²) in [6, 6.07) is 3.79. The van der Waals surface area contributed by atoms with Gasteiger partial charge < -0.3 is 0 Å². The zero-order valence-electron chi connectivity index (χ0n) is 6.99. The average Bonchev–Trinajstić information content (AvgIpc) is 2.45. The third kappa shape index (κ3) is 1.12. The van der Waals surface area contributed by atoms with Gasteiger partial charge in [0, 0.05) is 6.20 Å². The number of nitrogens with zero attached hydrogens (tertiary/aromatic N) is 2. The predicted octanol–water partition coefficient (Wildman–Crippen LogP) is 2.11. The molecule has 0 saturated carbocycles. The second-order valence-corrected chi connectivity index (χ2v) is 3.15. The number of aldehydes is 1. The number of rotatable bonds is 1. The lowest BCUT2D eigenvalue weighted by Gasteiger charge is -1.95. The molecule has 0 atom stereocenters. The van der Waals surface area contributed by atoms with Crippen LogP contribution in [0.15, 0.2) is 18.3 Å². The van der Waals surface area contributed by atoms with Gasteiger partial charge in [-0.15, -0.1) is 0 Å². The fraction of sp³-hybridized carbons (Fsp3) is 0.111. The van der Waals surface area contributed by atoms with Crippen molar-refractivity contribution in [3.05, 3.63) is 34.7 Å². The number of halogens is 1. The summed E-state index contributed by atoms with van der Waals surface area (Å²) in [4.78, 5) is 14.6. The van der Waals surface area contributed by atoms with Crippen LogP contribution in [0.4, 0.5) is 0 Å². The van der Waals surface area contributed by atoms with Gasteiger partial charge in [0.05, 0.1) is 0 Å². The van der Waals surface area contributed by atoms with Crippen molar-refractivity contribution >= 4 is 23.5 Å². The van der Waals surface area contributed by atoms with E-state index in [0.717, 1.165) is 11.2 Å². The highest BCUT2D eigenvalue weighted by molar-refractivity contribution is 6.32. The van der Waals surface area contributed by atoms with Crippen molar-refractivity contribution < 1.29 is 4.79 Å². The molecule has 2 aromatic rings. The van der Waals surface area contributed by atoms with Gasteiger partial charge in [-0.2, -0.15) is 0 Å². The first kappa shape index (κ1) is 8.26. The summed E-state index contributed by atoms with van der Waals surface area (Å²) in [6.07, 6.45) is 2.44. The van der Waals surface area contributed by atoms with E-state index in [0.29, 0.717) is 11.4 Å². The van der Waals surface area contributed by atoms with Crippen LogP contribution >= 0.6 is 11.6 Å². The number of aryl methyl sites for hydroxylation is 1. The van der Waals surface area contributed by atoms with Crippen LogP contribution < -0.4 is 0 Å². The number of fused-ring (bicyclic) bond motifs is 1. The van der Waals surface area contributed by atoms with E-state index in [-0.39, 0.29) is 5.69 Å². The molecular formula is C9H7ClN2O. The highest BCUT2D eigenvalue weighted by Gasteiger charge is 2.09. The molecule has 0 saturated heterocycles. The Balaban J connectivity index is 2.91. The minimum atomic E-state index is 0.288. The van der Waals surface area contributed by atoms with Gasteiger partial charge >= 0.3 is 0 Å². The van der Waals surface area contributed by atoms with Crippen molar-refractivity contribution in [3.63, 3.8) is 0 Å². The van der Waals surface area contributed by atoms with E-state index < -0.39 is 0 Å². The summed E-state index contributed by atoms with van der Waals surface area (Å²) >= 11 is 5.90. The minimum absolute atomic E-state index is 0.288. The molecule has 13 heavy (non-hydrogen) atoms. The Morgan fingerprint density at radius 3 is 3.00 bits per heavy atom. The lowest BCUT2D eigenvalue weighted by molar-refractivity contribution is 0.111. The maximum atomic E-state index is 10.5. The molecule has 2 heterocycles. The molecular weight excluding hydrogens is 188 g/mol. The lowest BCUT2D eigenvalue weighted by Crippen LogP contribution is -1.85. The first-order valence-electron chi connectivity index (χ1n) is 3.82. The van der Waals surface area contributed by atoms with Crippen molar-refractivity contribution in [1.82, 2.24) is 9.38 Å². The van der Waals surface area contributed by atoms with E-state index in [1.54, 1.807) is 10.6 Å². The van der Waals surface area contributed by atoms with E-state index in [1.165, 1.54) is 0 Å². The van der Waals surface area contributed by atoms with Gasteiger partial charge in [0.25, 0.3) is 0 Å². The van der Waals surface area contributed by atoms with E-state index >= 15 is 0 Å². The van der Waals surface area contributed by atoms with Crippen molar-refractivity contribution in [2.45, 2.75) is 6.92 Å². The van der Waals surface area contributed by atoms with Crippen molar-refractivity contribution in [1.29, 1.82) is 0 Å². The number of pyridine rings is 1. The number of hydrogen-bond acceptors (Lipinski definition) is 2. The number of carbonyl (C=O) groups excluding carboxylic acids is 1. The molecule has 0 spiro atoms. The first-order chi connectivity index (χ1) is 6.24. The summed E-state index contributed by atoms with van der Waals surface area (Å²) < 4.78 is 1.70. The number of imidazole rings is 1. The average molecular weight is 195 g/mol. The Bertz CT molecular complexity index is 476. The highest BCUT2D eigenvalue weighted by atomic mass is 35.5. The standard InChI is InChI=1S/C9H7ClN2O/c1-6-3-2-4-12-8(10)7(5-13)11-9(6)12/h2-5H,1H3. The van der Waals surface area contributed by atoms with Gasteiger partial charge in [-0.25, -0.2) is 4.98 Å². The van der Waals surface area contributed by atoms with Crippen molar-refractivity contribution in [2.24, 2.45) is 0 Å². The van der Waals surface area contributed by atoms with E-state index in [9.17, 15) is 4.79 Å². The number of carbonyl (C=O) groups is 1. The van der Waals surface area contributed by atoms with Crippen LogP contribution in [0.25, 0.3) is 5.65 Å². The van der Waals surface area contributed by atoms with Crippen LogP contribution in [0.2, 0.25) is 5.15 Å². The van der Waals surface area contributed by atoms with Gasteiger partial charge in [0.1, 0.15) is 16.5 Å². The molecule has 4 heteroatoms. The molecule has 0 aliphatic rings. The number of hydrogen-bond donors (Lipinski definition) is 0. The Labute approximate surface area is 80.0 Å². The van der Waals surface area contributed by atoms with Gasteiger partial charge in [-0.1, -0.05) is 17.7 Å². The number of aromatic nitrogens is 2. The predicted molar refractivity (Wildman–Crippen MR) is 50.3 cm³/mol. The quantitative estimate of drug-likeness (QED) is 0.652. The SMILES string of the molecule is Cc1cccn2c(Cl)c(C=O)nc12. The van der Waals surface area contributed by atoms with E-state index in [2.05, 4.69) is 4.98 Å². The Kier molecular flexibility index (Phi) is 1.81. The second kappa shape index (κ2) is 2.85. The van der Waals surface area contributed by atoms with Crippen LogP contribution in [0, 0.1) is 6.92 Å². The fourth-order valence-corrected chi connectivity index (χ4v) is 1.49. The van der Waals surface area contributed by atoms with Gasteiger partial charge in [0.2, 0.25) is 0 Å². The smallest absolute Gasteiger partial charge is 0.171 e. The van der Waals surface area contributed by atoms with Crippen LogP contribution in [-0.2, 0) is 0 Å². The normalized spacial score (nSPS) is 10.6. The summed E-state index contributed by atoms with van der Waals surface area (Å²) in [5, 5.41) is 0.369. The third-order valence-corrected chi connectivity index (χ3v) is 2.30. The molecule has 0 N–H and O–H groups in total. The summed E-state index contributed by atoms with van der Waals surface area (Å²) in [7, 11) is 0. The molecule has 0 aliphatic carbocycles. The van der Waals surface area contributed by atoms with Crippen LogP contribution in [-0.4, -0.2) is 15.7 Å². The Morgan fingerprint density at radius 1 is 1.62 bits per heavy atom. The summed E-state index contributed by atoms with van der Waals surface area (Å²) in [6.45, 7) is 1.92. The molecule has 2 aromatic heterocycles. The fourth-order valence-electron chi connectivity index (χ4n) is 1.27. The van der Waals surface area contributed by atoms with Crippen LogP contribution in [0.5, 0.6) is 0 Å². The zero-order chi connectivity index (χ0) is 9.42. The zero-order valence-corrected chi connectivity index (χ0v) is 7.75. The monoisotopic (exact) mass is 194 g/mol. The van der Waals surface area contributed by atoms with E-state index in [4.69, 9.17) is 11.6 Å². The second-order valence-electron chi connectivity index (χ2n) is 2.79. The van der Waals surface area contributed by atoms with Gasteiger partial charge in [0.15, 0.2) is 6.29 Å². The molecule has 0 fully saturated rings. The highest BCUT2D eigenvalue weighted by Crippen LogP contribution is 2.18. The molecule has 3 nitrogen and oxygen atoms in total. The van der Waals surface area contributed by atoms with Crippen molar-refractivity contribution in [3.8, 4) is 0 Å². The largest absolute Gasteiger partial charge is 0.296 e. The summed E-state index contributed by atoms with van der Waals surface area (Å²) in [5.74, 6) is 0. The molecule has 0 bridgehead atoms. The minimum Gasteiger partial charge on any atom is -0.296 e. The topological polar surface area (TPSA) is 34.4 Å². The Hall–Kier alpha value is -1.35. The first-order valence-corrected chi connectivity index (χ1v) is 4.20. The molecule has 0 amide bonds. The maximum Gasteiger partial charge on any atom is 0.171 e. The third-order valence-electron chi connectivity index (χ3n) is 1.92. The van der Waals surface area contributed by atoms with Gasteiger partial charge in [-0.05, 0) is 18.6 Å². The van der Waals surface area contributed by atoms with E-state index in [1.807, 2.05) is 19.1 Å². The Morgan fingerprint density at radius 2 is 2.38 bits per heavy atom. The van der Waals surface area contributed by atoms with Gasteiger partial charge in [-0.3, -0.25) is 9.20 Å². The molecule has 66 valence electrons. The van der Waals surface area contributed by atoms with Crippen LogP contribution in [0.1, 0.15) is 16.1 Å². The van der Waals surface area contributed by atoms with Crippen molar-refractivity contribution in [2.75, 3.05) is 0 Å². The lowest BCUT2D eigenvalue weighted by atomic mass is 10.3. The molecule has 2 rings (SSSR count).